The van der Waals surface area contributed by atoms with Crippen molar-refractivity contribution in [3.63, 3.8) is 0 Å². The molecule has 0 bridgehead atoms. The van der Waals surface area contributed by atoms with E-state index in [0.29, 0.717) is 16.5 Å². The molecular weight excluding hydrogens is 345 g/mol. The molecule has 0 spiro atoms. The summed E-state index contributed by atoms with van der Waals surface area (Å²) in [6.45, 7) is -1.09. The van der Waals surface area contributed by atoms with Crippen LogP contribution in [0, 0.1) is 0 Å². The van der Waals surface area contributed by atoms with Crippen molar-refractivity contribution in [3.8, 4) is 5.75 Å². The zero-order valence-electron chi connectivity index (χ0n) is 10.1. The molecule has 1 rings (SSSR count). The number of ether oxygens (including phenoxy) is 2. The van der Waals surface area contributed by atoms with E-state index < -0.39 is 12.6 Å². The third kappa shape index (κ3) is 4.95. The van der Waals surface area contributed by atoms with E-state index >= 15 is 0 Å². The van der Waals surface area contributed by atoms with E-state index in [-0.39, 0.29) is 23.8 Å². The van der Waals surface area contributed by atoms with Gasteiger partial charge in [-0.1, -0.05) is 27.5 Å². The number of carbonyl (C=O) groups excluding carboxylic acids is 1. The van der Waals surface area contributed by atoms with E-state index in [4.69, 9.17) is 16.3 Å². The van der Waals surface area contributed by atoms with E-state index in [9.17, 15) is 13.6 Å². The van der Waals surface area contributed by atoms with Gasteiger partial charge in [-0.05, 0) is 24.6 Å². The minimum atomic E-state index is -2.98. The first kappa shape index (κ1) is 16.2. The molecule has 7 heteroatoms. The second kappa shape index (κ2) is 7.65. The molecule has 0 unspecified atom stereocenters. The Hall–Kier alpha value is -0.880. The first-order valence-electron chi connectivity index (χ1n) is 5.45. The van der Waals surface area contributed by atoms with Gasteiger partial charge in [-0.3, -0.25) is 4.79 Å². The second-order valence-electron chi connectivity index (χ2n) is 3.54. The van der Waals surface area contributed by atoms with Gasteiger partial charge in [0.25, 0.3) is 0 Å². The summed E-state index contributed by atoms with van der Waals surface area (Å²) < 4.78 is 33.9. The molecule has 0 saturated carbocycles. The molecule has 0 aromatic heterocycles. The molecule has 0 aliphatic rings. The molecule has 0 aliphatic heterocycles. The third-order valence-corrected chi connectivity index (χ3v) is 3.07. The van der Waals surface area contributed by atoms with Crippen LogP contribution in [0.1, 0.15) is 18.1 Å². The number of hydrogen-bond donors (Lipinski definition) is 0. The van der Waals surface area contributed by atoms with Gasteiger partial charge in [0, 0.05) is 15.9 Å². The largest absolute Gasteiger partial charge is 0.466 e. The van der Waals surface area contributed by atoms with Gasteiger partial charge in [-0.2, -0.15) is 8.78 Å². The predicted octanol–water partition coefficient (Wildman–Crippen LogP) is 3.94. The normalized spacial score (nSPS) is 10.6. The Morgan fingerprint density at radius 3 is 2.68 bits per heavy atom. The van der Waals surface area contributed by atoms with Crippen molar-refractivity contribution in [1.82, 2.24) is 0 Å². The monoisotopic (exact) mass is 356 g/mol. The van der Waals surface area contributed by atoms with Gasteiger partial charge in [-0.25, -0.2) is 0 Å². The highest BCUT2D eigenvalue weighted by molar-refractivity contribution is 9.08. The van der Waals surface area contributed by atoms with Crippen molar-refractivity contribution in [1.29, 1.82) is 0 Å². The predicted molar refractivity (Wildman–Crippen MR) is 71.1 cm³/mol. The average molecular weight is 358 g/mol. The maximum atomic E-state index is 12.4. The number of carbonyl (C=O) groups is 1. The van der Waals surface area contributed by atoms with E-state index in [0.717, 1.165) is 0 Å². The highest BCUT2D eigenvalue weighted by atomic mass is 79.9. The summed E-state index contributed by atoms with van der Waals surface area (Å²) >= 11 is 9.04. The number of esters is 1. The number of hydrogen-bond acceptors (Lipinski definition) is 3. The summed E-state index contributed by atoms with van der Waals surface area (Å²) in [5.74, 6) is -0.615. The van der Waals surface area contributed by atoms with Crippen LogP contribution in [0.15, 0.2) is 12.1 Å². The van der Waals surface area contributed by atoms with Gasteiger partial charge in [-0.15, -0.1) is 0 Å². The molecule has 3 nitrogen and oxygen atoms in total. The summed E-state index contributed by atoms with van der Waals surface area (Å²) in [7, 11) is 0. The van der Waals surface area contributed by atoms with Crippen molar-refractivity contribution in [2.45, 2.75) is 25.3 Å². The smallest absolute Gasteiger partial charge is 0.387 e. The lowest BCUT2D eigenvalue weighted by Gasteiger charge is -2.14. The van der Waals surface area contributed by atoms with E-state index in [1.54, 1.807) is 13.0 Å². The zero-order chi connectivity index (χ0) is 14.4. The molecule has 1 aromatic carbocycles. The molecule has 0 aliphatic carbocycles. The summed E-state index contributed by atoms with van der Waals surface area (Å²) in [4.78, 5) is 11.5. The van der Waals surface area contributed by atoms with Crippen molar-refractivity contribution in [2.24, 2.45) is 0 Å². The van der Waals surface area contributed by atoms with E-state index in [1.165, 1.54) is 6.07 Å². The van der Waals surface area contributed by atoms with Crippen LogP contribution in [0.3, 0.4) is 0 Å². The van der Waals surface area contributed by atoms with Gasteiger partial charge in [0.15, 0.2) is 0 Å². The van der Waals surface area contributed by atoms with Gasteiger partial charge >= 0.3 is 12.6 Å². The fourth-order valence-corrected chi connectivity index (χ4v) is 2.27. The zero-order valence-corrected chi connectivity index (χ0v) is 12.4. The van der Waals surface area contributed by atoms with Crippen LogP contribution in [-0.2, 0) is 21.3 Å². The molecule has 106 valence electrons. The Morgan fingerprint density at radius 2 is 2.16 bits per heavy atom. The SMILES string of the molecule is CCOC(=O)Cc1c(CBr)cc(Cl)cc1OC(F)F. The number of alkyl halides is 3. The Balaban J connectivity index is 3.12. The van der Waals surface area contributed by atoms with Crippen LogP contribution < -0.4 is 4.74 Å². The first-order valence-corrected chi connectivity index (χ1v) is 6.95. The molecule has 0 radical (unpaired) electrons. The molecule has 1 aromatic rings. The molecule has 0 saturated heterocycles. The van der Waals surface area contributed by atoms with Gasteiger partial charge in [0.2, 0.25) is 0 Å². The number of halogens is 4. The van der Waals surface area contributed by atoms with Crippen molar-refractivity contribution >= 4 is 33.5 Å². The molecular formula is C12H12BrClF2O3. The van der Waals surface area contributed by atoms with Crippen LogP contribution >= 0.6 is 27.5 Å². The Kier molecular flexibility index (Phi) is 6.51. The summed E-state index contributed by atoms with van der Waals surface area (Å²) in [5, 5.41) is 0.625. The van der Waals surface area contributed by atoms with Crippen LogP contribution in [0.25, 0.3) is 0 Å². The van der Waals surface area contributed by atoms with Crippen molar-refractivity contribution < 1.29 is 23.0 Å². The fourth-order valence-electron chi connectivity index (χ4n) is 1.54. The minimum absolute atomic E-state index is 0.106. The Labute approximate surface area is 123 Å². The van der Waals surface area contributed by atoms with E-state index in [2.05, 4.69) is 20.7 Å². The fraction of sp³-hybridized carbons (Fsp3) is 0.417. The topological polar surface area (TPSA) is 35.5 Å². The minimum Gasteiger partial charge on any atom is -0.466 e. The molecule has 0 N–H and O–H groups in total. The lowest BCUT2D eigenvalue weighted by Crippen LogP contribution is -2.12. The Morgan fingerprint density at radius 1 is 1.47 bits per heavy atom. The van der Waals surface area contributed by atoms with Crippen molar-refractivity contribution in [3.05, 3.63) is 28.3 Å². The van der Waals surface area contributed by atoms with Gasteiger partial charge in [0.1, 0.15) is 5.75 Å². The highest BCUT2D eigenvalue weighted by Crippen LogP contribution is 2.31. The van der Waals surface area contributed by atoms with E-state index in [1.807, 2.05) is 0 Å². The lowest BCUT2D eigenvalue weighted by molar-refractivity contribution is -0.142. The molecule has 0 heterocycles. The molecule has 19 heavy (non-hydrogen) atoms. The lowest BCUT2D eigenvalue weighted by atomic mass is 10.0. The quantitative estimate of drug-likeness (QED) is 0.571. The second-order valence-corrected chi connectivity index (χ2v) is 4.53. The molecule has 0 atom stereocenters. The standard InChI is InChI=1S/C12H12BrClF2O3/c1-2-18-11(17)5-9-7(6-13)3-8(14)4-10(9)19-12(15)16/h3-4,12H,2,5-6H2,1H3. The maximum Gasteiger partial charge on any atom is 0.387 e. The summed E-state index contributed by atoms with van der Waals surface area (Å²) in [6.07, 6.45) is -0.145. The van der Waals surface area contributed by atoms with Crippen LogP contribution in [-0.4, -0.2) is 19.2 Å². The number of benzene rings is 1. The average Bonchev–Trinajstić information content (AvgIpc) is 2.31. The summed E-state index contributed by atoms with van der Waals surface area (Å²) in [5.41, 5.74) is 0.955. The van der Waals surface area contributed by atoms with Gasteiger partial charge < -0.3 is 9.47 Å². The third-order valence-electron chi connectivity index (χ3n) is 2.25. The van der Waals surface area contributed by atoms with Gasteiger partial charge in [0.05, 0.1) is 13.0 Å². The van der Waals surface area contributed by atoms with Crippen LogP contribution in [0.5, 0.6) is 5.75 Å². The first-order chi connectivity index (χ1) is 8.97. The number of rotatable bonds is 6. The maximum absolute atomic E-state index is 12.4. The Bertz CT molecular complexity index is 455. The molecule has 0 amide bonds. The van der Waals surface area contributed by atoms with Crippen LogP contribution in [0.4, 0.5) is 8.78 Å². The highest BCUT2D eigenvalue weighted by Gasteiger charge is 2.18. The molecule has 0 fully saturated rings. The summed E-state index contributed by atoms with van der Waals surface area (Å²) in [6, 6.07) is 2.84. The van der Waals surface area contributed by atoms with Crippen LogP contribution in [0.2, 0.25) is 5.02 Å². The van der Waals surface area contributed by atoms with Crippen molar-refractivity contribution in [2.75, 3.05) is 6.61 Å².